The van der Waals surface area contributed by atoms with Crippen LogP contribution in [-0.2, 0) is 11.2 Å². The number of carbonyl (C=O) groups is 1. The summed E-state index contributed by atoms with van der Waals surface area (Å²) in [6.45, 7) is 7.16. The topological polar surface area (TPSA) is 66.9 Å². The van der Waals surface area contributed by atoms with Gasteiger partial charge in [0.1, 0.15) is 0 Å². The monoisotopic (exact) mass is 364 g/mol. The Labute approximate surface area is 151 Å². The highest BCUT2D eigenvalue weighted by atomic mass is 32.2. The molecule has 130 valence electrons. The van der Waals surface area contributed by atoms with E-state index in [1.165, 1.54) is 28.7 Å². The lowest BCUT2D eigenvalue weighted by Crippen LogP contribution is -2.26. The van der Waals surface area contributed by atoms with Crippen LogP contribution in [0.15, 0.2) is 28.6 Å². The minimum absolute atomic E-state index is 0.0421. The van der Waals surface area contributed by atoms with Gasteiger partial charge in [0.15, 0.2) is 4.34 Å². The van der Waals surface area contributed by atoms with Gasteiger partial charge in [0.05, 0.1) is 5.75 Å². The second kappa shape index (κ2) is 9.64. The van der Waals surface area contributed by atoms with Crippen molar-refractivity contribution >= 4 is 39.8 Å². The van der Waals surface area contributed by atoms with Crippen molar-refractivity contribution < 1.29 is 4.79 Å². The minimum Gasteiger partial charge on any atom is -0.355 e. The summed E-state index contributed by atoms with van der Waals surface area (Å²) >= 11 is 2.88. The van der Waals surface area contributed by atoms with Crippen LogP contribution in [0.1, 0.15) is 32.8 Å². The van der Waals surface area contributed by atoms with Gasteiger partial charge in [-0.2, -0.15) is 0 Å². The van der Waals surface area contributed by atoms with Crippen LogP contribution in [0.4, 0.5) is 10.8 Å². The molecule has 0 saturated carbocycles. The molecular weight excluding hydrogens is 340 g/mol. The number of anilines is 2. The first-order chi connectivity index (χ1) is 11.6. The number of nitrogens with one attached hydrogen (secondary N) is 2. The predicted octanol–water partition coefficient (Wildman–Crippen LogP) is 4.10. The van der Waals surface area contributed by atoms with E-state index in [0.717, 1.165) is 34.5 Å². The largest absolute Gasteiger partial charge is 0.355 e. The van der Waals surface area contributed by atoms with Crippen LogP contribution in [-0.4, -0.2) is 28.4 Å². The molecule has 0 aliphatic heterocycles. The highest BCUT2D eigenvalue weighted by molar-refractivity contribution is 8.01. The lowest BCUT2D eigenvalue weighted by molar-refractivity contribution is -0.118. The van der Waals surface area contributed by atoms with E-state index in [1.807, 2.05) is 12.1 Å². The zero-order valence-corrected chi connectivity index (χ0v) is 16.0. The Bertz CT molecular complexity index is 640. The van der Waals surface area contributed by atoms with E-state index >= 15 is 0 Å². The third kappa shape index (κ3) is 6.49. The number of rotatable bonds is 9. The van der Waals surface area contributed by atoms with Crippen molar-refractivity contribution in [1.82, 2.24) is 15.5 Å². The molecule has 1 aromatic heterocycles. The molecule has 1 heterocycles. The number of thioether (sulfide) groups is 1. The maximum absolute atomic E-state index is 11.8. The number of nitrogens with zero attached hydrogens (tertiary/aromatic N) is 2. The molecule has 0 aliphatic carbocycles. The van der Waals surface area contributed by atoms with E-state index in [0.29, 0.717) is 11.7 Å². The Morgan fingerprint density at radius 2 is 2.00 bits per heavy atom. The summed E-state index contributed by atoms with van der Waals surface area (Å²) in [6, 6.07) is 8.27. The SMILES string of the molecule is CCc1ccc(Nc2nnc(SCC(=O)NCCC(C)C)s2)cc1. The number of hydrogen-bond donors (Lipinski definition) is 2. The van der Waals surface area contributed by atoms with Gasteiger partial charge in [-0.05, 0) is 36.5 Å². The van der Waals surface area contributed by atoms with E-state index in [2.05, 4.69) is 53.7 Å². The number of hydrogen-bond acceptors (Lipinski definition) is 6. The molecule has 1 aromatic carbocycles. The van der Waals surface area contributed by atoms with E-state index in [-0.39, 0.29) is 5.91 Å². The molecule has 2 N–H and O–H groups in total. The summed E-state index contributed by atoms with van der Waals surface area (Å²) < 4.78 is 0.793. The van der Waals surface area contributed by atoms with E-state index < -0.39 is 0 Å². The van der Waals surface area contributed by atoms with Gasteiger partial charge >= 0.3 is 0 Å². The third-order valence-corrected chi connectivity index (χ3v) is 5.36. The zero-order chi connectivity index (χ0) is 17.4. The predicted molar refractivity (Wildman–Crippen MR) is 102 cm³/mol. The Morgan fingerprint density at radius 1 is 1.25 bits per heavy atom. The molecule has 0 saturated heterocycles. The first-order valence-corrected chi connectivity index (χ1v) is 9.96. The zero-order valence-electron chi connectivity index (χ0n) is 14.3. The Morgan fingerprint density at radius 3 is 2.67 bits per heavy atom. The molecule has 7 heteroatoms. The van der Waals surface area contributed by atoms with Crippen molar-refractivity contribution in [3.63, 3.8) is 0 Å². The smallest absolute Gasteiger partial charge is 0.230 e. The van der Waals surface area contributed by atoms with Crippen LogP contribution in [0.3, 0.4) is 0 Å². The Hall–Kier alpha value is -1.60. The molecule has 0 aliphatic rings. The van der Waals surface area contributed by atoms with Crippen molar-refractivity contribution in [2.45, 2.75) is 38.0 Å². The molecule has 0 unspecified atom stereocenters. The number of benzene rings is 1. The quantitative estimate of drug-likeness (QED) is 0.656. The third-order valence-electron chi connectivity index (χ3n) is 3.39. The fourth-order valence-corrected chi connectivity index (χ4v) is 3.55. The van der Waals surface area contributed by atoms with Gasteiger partial charge in [0.2, 0.25) is 11.0 Å². The second-order valence-electron chi connectivity index (χ2n) is 5.87. The molecule has 24 heavy (non-hydrogen) atoms. The minimum atomic E-state index is 0.0421. The van der Waals surface area contributed by atoms with Crippen molar-refractivity contribution in [3.8, 4) is 0 Å². The van der Waals surface area contributed by atoms with Crippen LogP contribution in [0, 0.1) is 5.92 Å². The van der Waals surface area contributed by atoms with Crippen molar-refractivity contribution in [2.24, 2.45) is 5.92 Å². The first kappa shape index (κ1) is 18.7. The summed E-state index contributed by atoms with van der Waals surface area (Å²) in [5.41, 5.74) is 2.30. The molecule has 2 rings (SSSR count). The van der Waals surface area contributed by atoms with Crippen molar-refractivity contribution in [1.29, 1.82) is 0 Å². The molecule has 0 atom stereocenters. The van der Waals surface area contributed by atoms with Crippen LogP contribution in [0.5, 0.6) is 0 Å². The van der Waals surface area contributed by atoms with Gasteiger partial charge in [0.25, 0.3) is 0 Å². The van der Waals surface area contributed by atoms with E-state index in [1.54, 1.807) is 0 Å². The average molecular weight is 365 g/mol. The number of aromatic nitrogens is 2. The maximum atomic E-state index is 11.8. The molecule has 2 aromatic rings. The average Bonchev–Trinajstić information content (AvgIpc) is 3.01. The molecule has 0 radical (unpaired) electrons. The molecule has 5 nitrogen and oxygen atoms in total. The fourth-order valence-electron chi connectivity index (χ4n) is 1.94. The Balaban J connectivity index is 1.77. The van der Waals surface area contributed by atoms with Gasteiger partial charge < -0.3 is 10.6 Å². The van der Waals surface area contributed by atoms with Crippen molar-refractivity contribution in [3.05, 3.63) is 29.8 Å². The highest BCUT2D eigenvalue weighted by Gasteiger charge is 2.08. The van der Waals surface area contributed by atoms with Gasteiger partial charge in [0, 0.05) is 12.2 Å². The van der Waals surface area contributed by atoms with Gasteiger partial charge in [-0.25, -0.2) is 0 Å². The summed E-state index contributed by atoms with van der Waals surface area (Å²) in [5, 5.41) is 15.1. The first-order valence-electron chi connectivity index (χ1n) is 8.15. The van der Waals surface area contributed by atoms with Gasteiger partial charge in [-0.3, -0.25) is 4.79 Å². The fraction of sp³-hybridized carbons (Fsp3) is 0.471. The van der Waals surface area contributed by atoms with E-state index in [9.17, 15) is 4.79 Å². The summed E-state index contributed by atoms with van der Waals surface area (Å²) in [6.07, 6.45) is 2.03. The van der Waals surface area contributed by atoms with Gasteiger partial charge in [-0.15, -0.1) is 10.2 Å². The summed E-state index contributed by atoms with van der Waals surface area (Å²) in [4.78, 5) is 11.8. The normalized spacial score (nSPS) is 10.8. The van der Waals surface area contributed by atoms with E-state index in [4.69, 9.17) is 0 Å². The Kier molecular flexibility index (Phi) is 7.52. The molecule has 0 bridgehead atoms. The number of aryl methyl sites for hydroxylation is 1. The second-order valence-corrected chi connectivity index (χ2v) is 8.07. The summed E-state index contributed by atoms with van der Waals surface area (Å²) in [7, 11) is 0. The molecule has 0 fully saturated rings. The standard InChI is InChI=1S/C17H24N4OS2/c1-4-13-5-7-14(8-6-13)19-16-20-21-17(24-16)23-11-15(22)18-10-9-12(2)3/h5-8,12H,4,9-11H2,1-3H3,(H,18,22)(H,19,20). The molecule has 0 spiro atoms. The lowest BCUT2D eigenvalue weighted by atomic mass is 10.1. The maximum Gasteiger partial charge on any atom is 0.230 e. The molecule has 1 amide bonds. The summed E-state index contributed by atoms with van der Waals surface area (Å²) in [5.74, 6) is 1.01. The molecular formula is C17H24N4OS2. The van der Waals surface area contributed by atoms with Crippen molar-refractivity contribution in [2.75, 3.05) is 17.6 Å². The van der Waals surface area contributed by atoms with Crippen LogP contribution >= 0.6 is 23.1 Å². The van der Waals surface area contributed by atoms with Crippen LogP contribution in [0.25, 0.3) is 0 Å². The van der Waals surface area contributed by atoms with Crippen LogP contribution in [0.2, 0.25) is 0 Å². The number of amides is 1. The lowest BCUT2D eigenvalue weighted by Gasteiger charge is -2.06. The number of carbonyl (C=O) groups excluding carboxylic acids is 1. The van der Waals surface area contributed by atoms with Crippen LogP contribution < -0.4 is 10.6 Å². The highest BCUT2D eigenvalue weighted by Crippen LogP contribution is 2.27. The van der Waals surface area contributed by atoms with Gasteiger partial charge in [-0.1, -0.05) is 56.0 Å².